The normalized spacial score (nSPS) is 25.5. The maximum atomic E-state index is 10.8. The summed E-state index contributed by atoms with van der Waals surface area (Å²) < 4.78 is 0. The maximum Gasteiger partial charge on any atom is 0.336 e. The lowest BCUT2D eigenvalue weighted by molar-refractivity contribution is -0.158. The topological polar surface area (TPSA) is 72.8 Å². The lowest BCUT2D eigenvalue weighted by Crippen LogP contribution is -2.50. The molecule has 1 fully saturated rings. The average molecular weight is 216 g/mol. The van der Waals surface area contributed by atoms with Gasteiger partial charge in [-0.2, -0.15) is 0 Å². The Labute approximate surface area is 90.1 Å². The van der Waals surface area contributed by atoms with E-state index in [1.807, 2.05) is 11.8 Å². The zero-order valence-electron chi connectivity index (χ0n) is 9.36. The molecule has 0 aliphatic carbocycles. The van der Waals surface area contributed by atoms with Crippen LogP contribution in [0.4, 0.5) is 0 Å². The van der Waals surface area contributed by atoms with Crippen LogP contribution in [0.3, 0.4) is 0 Å². The molecule has 5 heteroatoms. The molecule has 0 aromatic heterocycles. The zero-order chi connectivity index (χ0) is 11.5. The second-order valence-corrected chi connectivity index (χ2v) is 4.29. The van der Waals surface area contributed by atoms with Crippen molar-refractivity contribution in [2.45, 2.75) is 31.9 Å². The van der Waals surface area contributed by atoms with Crippen LogP contribution in [0.25, 0.3) is 0 Å². The van der Waals surface area contributed by atoms with Gasteiger partial charge in [-0.1, -0.05) is 6.92 Å². The van der Waals surface area contributed by atoms with Crippen molar-refractivity contribution in [2.24, 2.45) is 0 Å². The molecule has 5 nitrogen and oxygen atoms in total. The first-order chi connectivity index (χ1) is 6.97. The van der Waals surface area contributed by atoms with Gasteiger partial charge in [-0.05, 0) is 26.4 Å². The highest BCUT2D eigenvalue weighted by Gasteiger charge is 2.34. The molecule has 0 amide bonds. The molecule has 1 saturated heterocycles. The van der Waals surface area contributed by atoms with Gasteiger partial charge >= 0.3 is 5.97 Å². The number of rotatable bonds is 5. The Morgan fingerprint density at radius 3 is 2.73 bits per heavy atom. The number of aliphatic hydroxyl groups is 1. The van der Waals surface area contributed by atoms with Crippen LogP contribution in [0.2, 0.25) is 0 Å². The van der Waals surface area contributed by atoms with Crippen LogP contribution in [-0.2, 0) is 4.79 Å². The monoisotopic (exact) mass is 216 g/mol. The predicted octanol–water partition coefficient (Wildman–Crippen LogP) is -0.494. The lowest BCUT2D eigenvalue weighted by atomic mass is 10.1. The Morgan fingerprint density at radius 1 is 1.67 bits per heavy atom. The van der Waals surface area contributed by atoms with E-state index < -0.39 is 11.6 Å². The van der Waals surface area contributed by atoms with Gasteiger partial charge in [0.15, 0.2) is 5.60 Å². The van der Waals surface area contributed by atoms with Crippen molar-refractivity contribution in [1.82, 2.24) is 10.2 Å². The molecule has 0 aromatic rings. The third-order valence-electron chi connectivity index (χ3n) is 2.93. The van der Waals surface area contributed by atoms with Crippen molar-refractivity contribution in [3.8, 4) is 0 Å². The third-order valence-corrected chi connectivity index (χ3v) is 2.93. The number of hydrogen-bond donors (Lipinski definition) is 3. The molecule has 1 aliphatic heterocycles. The summed E-state index contributed by atoms with van der Waals surface area (Å²) in [5.41, 5.74) is -1.65. The molecule has 2 atom stereocenters. The van der Waals surface area contributed by atoms with Crippen molar-refractivity contribution in [1.29, 1.82) is 0 Å². The molecule has 2 unspecified atom stereocenters. The Balaban J connectivity index is 2.56. The summed E-state index contributed by atoms with van der Waals surface area (Å²) in [5.74, 6) is -1.16. The molecule has 0 aromatic carbocycles. The van der Waals surface area contributed by atoms with Crippen molar-refractivity contribution in [2.75, 3.05) is 26.2 Å². The number of hydrogen-bond acceptors (Lipinski definition) is 4. The van der Waals surface area contributed by atoms with E-state index in [9.17, 15) is 9.90 Å². The van der Waals surface area contributed by atoms with E-state index in [4.69, 9.17) is 5.11 Å². The molecule has 88 valence electrons. The van der Waals surface area contributed by atoms with Gasteiger partial charge in [0.05, 0.1) is 0 Å². The summed E-state index contributed by atoms with van der Waals surface area (Å²) in [7, 11) is 0. The van der Waals surface area contributed by atoms with Crippen molar-refractivity contribution in [3.63, 3.8) is 0 Å². The quantitative estimate of drug-likeness (QED) is 0.578. The van der Waals surface area contributed by atoms with Crippen LogP contribution in [0, 0.1) is 0 Å². The molecule has 1 aliphatic rings. The van der Waals surface area contributed by atoms with Crippen molar-refractivity contribution >= 4 is 5.97 Å². The SMILES string of the molecule is CCN(CC(C)(O)C(=O)O)C1CCNC1. The highest BCUT2D eigenvalue weighted by Crippen LogP contribution is 2.13. The summed E-state index contributed by atoms with van der Waals surface area (Å²) in [6.45, 7) is 6.12. The van der Waals surface area contributed by atoms with E-state index in [1.165, 1.54) is 6.92 Å². The van der Waals surface area contributed by atoms with Crippen LogP contribution in [0.1, 0.15) is 20.3 Å². The fraction of sp³-hybridized carbons (Fsp3) is 0.900. The molecule has 1 heterocycles. The van der Waals surface area contributed by atoms with Crippen molar-refractivity contribution in [3.05, 3.63) is 0 Å². The number of carboxylic acids is 1. The number of carbonyl (C=O) groups is 1. The summed E-state index contributed by atoms with van der Waals surface area (Å²) in [6.07, 6.45) is 1.02. The minimum atomic E-state index is -1.65. The van der Waals surface area contributed by atoms with Crippen molar-refractivity contribution < 1.29 is 15.0 Å². The maximum absolute atomic E-state index is 10.8. The second kappa shape index (κ2) is 4.92. The number of aliphatic carboxylic acids is 1. The highest BCUT2D eigenvalue weighted by molar-refractivity contribution is 5.76. The fourth-order valence-electron chi connectivity index (χ4n) is 1.91. The van der Waals surface area contributed by atoms with E-state index in [1.54, 1.807) is 0 Å². The molecular weight excluding hydrogens is 196 g/mol. The molecular formula is C10H20N2O3. The average Bonchev–Trinajstić information content (AvgIpc) is 2.66. The first kappa shape index (κ1) is 12.4. The number of nitrogens with zero attached hydrogens (tertiary/aromatic N) is 1. The van der Waals surface area contributed by atoms with Gasteiger partial charge in [-0.15, -0.1) is 0 Å². The minimum absolute atomic E-state index is 0.186. The molecule has 0 bridgehead atoms. The largest absolute Gasteiger partial charge is 0.479 e. The first-order valence-corrected chi connectivity index (χ1v) is 5.38. The third kappa shape index (κ3) is 3.15. The Hall–Kier alpha value is -0.650. The fourth-order valence-corrected chi connectivity index (χ4v) is 1.91. The van der Waals surface area contributed by atoms with Crippen LogP contribution in [0.15, 0.2) is 0 Å². The molecule has 1 rings (SSSR count). The Kier molecular flexibility index (Phi) is 4.07. The summed E-state index contributed by atoms with van der Waals surface area (Å²) in [4.78, 5) is 12.8. The summed E-state index contributed by atoms with van der Waals surface area (Å²) >= 11 is 0. The minimum Gasteiger partial charge on any atom is -0.479 e. The summed E-state index contributed by atoms with van der Waals surface area (Å²) in [6, 6.07) is 0.348. The first-order valence-electron chi connectivity index (χ1n) is 5.38. The van der Waals surface area contributed by atoms with E-state index in [0.717, 1.165) is 26.1 Å². The smallest absolute Gasteiger partial charge is 0.336 e. The van der Waals surface area contributed by atoms with Gasteiger partial charge in [0.25, 0.3) is 0 Å². The predicted molar refractivity (Wildman–Crippen MR) is 56.8 cm³/mol. The molecule has 15 heavy (non-hydrogen) atoms. The number of likely N-dealkylation sites (N-methyl/N-ethyl adjacent to an activating group) is 1. The second-order valence-electron chi connectivity index (χ2n) is 4.29. The van der Waals surface area contributed by atoms with E-state index >= 15 is 0 Å². The molecule has 0 radical (unpaired) electrons. The van der Waals surface area contributed by atoms with Gasteiger partial charge in [0.2, 0.25) is 0 Å². The Bertz CT molecular complexity index is 225. The van der Waals surface area contributed by atoms with E-state index in [0.29, 0.717) is 6.04 Å². The van der Waals surface area contributed by atoms with Crippen LogP contribution >= 0.6 is 0 Å². The molecule has 0 spiro atoms. The van der Waals surface area contributed by atoms with E-state index in [-0.39, 0.29) is 6.54 Å². The zero-order valence-corrected chi connectivity index (χ0v) is 9.36. The van der Waals surface area contributed by atoms with Gasteiger partial charge in [-0.25, -0.2) is 4.79 Å². The van der Waals surface area contributed by atoms with Crippen LogP contribution in [0.5, 0.6) is 0 Å². The number of nitrogens with one attached hydrogen (secondary N) is 1. The molecule has 3 N–H and O–H groups in total. The highest BCUT2D eigenvalue weighted by atomic mass is 16.4. The Morgan fingerprint density at radius 2 is 2.33 bits per heavy atom. The van der Waals surface area contributed by atoms with Gasteiger partial charge in [0, 0.05) is 19.1 Å². The summed E-state index contributed by atoms with van der Waals surface area (Å²) in [5, 5.41) is 21.8. The van der Waals surface area contributed by atoms with Gasteiger partial charge in [0.1, 0.15) is 0 Å². The molecule has 0 saturated carbocycles. The van der Waals surface area contributed by atoms with Crippen LogP contribution in [-0.4, -0.2) is 58.9 Å². The van der Waals surface area contributed by atoms with Crippen LogP contribution < -0.4 is 5.32 Å². The standard InChI is InChI=1S/C10H20N2O3/c1-3-12(8-4-5-11-6-8)7-10(2,15)9(13)14/h8,11,15H,3-7H2,1-2H3,(H,13,14). The number of carboxylic acid groups (broad SMARTS) is 1. The lowest BCUT2D eigenvalue weighted by Gasteiger charge is -2.32. The van der Waals surface area contributed by atoms with Gasteiger partial charge in [-0.3, -0.25) is 4.90 Å². The van der Waals surface area contributed by atoms with Gasteiger partial charge < -0.3 is 15.5 Å². The van der Waals surface area contributed by atoms with E-state index in [2.05, 4.69) is 5.32 Å².